The number of unbranched alkanes of at least 4 members (excludes halogenated alkanes) is 30. The fourth-order valence-corrected chi connectivity index (χ4v) is 6.39. The predicted molar refractivity (Wildman–Crippen MR) is 194 cm³/mol. The van der Waals surface area contributed by atoms with Gasteiger partial charge in [-0.15, -0.1) is 17.0 Å². The highest BCUT2D eigenvalue weighted by molar-refractivity contribution is 8.93. The summed E-state index contributed by atoms with van der Waals surface area (Å²) < 4.78 is 0. The molecule has 0 atom stereocenters. The van der Waals surface area contributed by atoms with Crippen molar-refractivity contribution in [2.75, 3.05) is 0 Å². The highest BCUT2D eigenvalue weighted by atomic mass is 79.9. The van der Waals surface area contributed by atoms with Crippen LogP contribution in [0, 0.1) is 0 Å². The average Bonchev–Trinajstić information content (AvgIpc) is 2.96. The molecule has 0 spiro atoms. The van der Waals surface area contributed by atoms with Crippen LogP contribution in [-0.4, -0.2) is 22.0 Å². The number of aliphatic hydroxyl groups excluding tert-OH is 1. The monoisotopic (exact) mass is 662 g/mol. The summed E-state index contributed by atoms with van der Waals surface area (Å²) in [5, 5.41) is 19.9. The molecule has 0 aromatic heterocycles. The van der Waals surface area contributed by atoms with Gasteiger partial charge in [0, 0.05) is 0 Å². The molecular formula is C38H80BrNO2. The van der Waals surface area contributed by atoms with Gasteiger partial charge in [0.1, 0.15) is 0 Å². The van der Waals surface area contributed by atoms with Gasteiger partial charge in [-0.25, -0.2) is 0 Å². The Morgan fingerprint density at radius 2 is 0.524 bits per heavy atom. The molecule has 0 unspecified atom stereocenters. The zero-order valence-electron chi connectivity index (χ0n) is 29.0. The van der Waals surface area contributed by atoms with E-state index >= 15 is 0 Å². The van der Waals surface area contributed by atoms with Crippen molar-refractivity contribution in [1.29, 1.82) is 0 Å². The number of rotatable bonds is 35. The highest BCUT2D eigenvalue weighted by Crippen LogP contribution is 2.24. The lowest BCUT2D eigenvalue weighted by molar-refractivity contribution is -0.102. The minimum atomic E-state index is -1.39. The van der Waals surface area contributed by atoms with E-state index in [2.05, 4.69) is 13.8 Å². The molecule has 0 aliphatic carbocycles. The fraction of sp³-hybridized carbons (Fsp3) is 1.00. The Morgan fingerprint density at radius 3 is 0.690 bits per heavy atom. The first-order valence-corrected chi connectivity index (χ1v) is 19.2. The minimum Gasteiger partial charge on any atom is -0.367 e. The maximum Gasteiger partial charge on any atom is 0.169 e. The van der Waals surface area contributed by atoms with Gasteiger partial charge in [-0.2, -0.15) is 0 Å². The molecule has 3 nitrogen and oxygen atoms in total. The predicted octanol–water partition coefficient (Wildman–Crippen LogP) is 12.9. The van der Waals surface area contributed by atoms with E-state index in [1.165, 1.54) is 193 Å². The second-order valence-electron chi connectivity index (χ2n) is 13.7. The molecule has 4 N–H and O–H groups in total. The standard InChI is InChI=1S/C38H79NO2.BrH/c1-3-5-7-9-11-13-15-17-19-21-23-25-27-29-31-33-35-38(39,37(40)41)36-34-32-30-28-26-24-22-20-18-16-14-12-10-8-6-4-2;/h37,40-41H,3-36,39H2,1-2H3;1H. The lowest BCUT2D eigenvalue weighted by atomic mass is 9.86. The molecule has 0 fully saturated rings. The van der Waals surface area contributed by atoms with Crippen LogP contribution in [-0.2, 0) is 0 Å². The third-order valence-corrected chi connectivity index (χ3v) is 9.51. The van der Waals surface area contributed by atoms with Gasteiger partial charge in [0.15, 0.2) is 6.29 Å². The summed E-state index contributed by atoms with van der Waals surface area (Å²) in [6, 6.07) is 0. The largest absolute Gasteiger partial charge is 0.367 e. The van der Waals surface area contributed by atoms with Crippen molar-refractivity contribution < 1.29 is 10.2 Å². The fourth-order valence-electron chi connectivity index (χ4n) is 6.39. The highest BCUT2D eigenvalue weighted by Gasteiger charge is 2.31. The normalized spacial score (nSPS) is 11.9. The number of halogens is 1. The minimum absolute atomic E-state index is 0. The SMILES string of the molecule is Br.CCCCCCCCCCCCCCCCCCC(N)(CCCCCCCCCCCCCCCCCC)C(O)O. The first-order valence-electron chi connectivity index (χ1n) is 19.2. The van der Waals surface area contributed by atoms with Crippen LogP contribution in [0.25, 0.3) is 0 Å². The van der Waals surface area contributed by atoms with E-state index in [1.807, 2.05) is 0 Å². The van der Waals surface area contributed by atoms with E-state index in [0.717, 1.165) is 25.7 Å². The quantitative estimate of drug-likeness (QED) is 0.0467. The molecule has 4 heteroatoms. The van der Waals surface area contributed by atoms with Crippen molar-refractivity contribution in [3.8, 4) is 0 Å². The Labute approximate surface area is 276 Å². The lowest BCUT2D eigenvalue weighted by Gasteiger charge is -2.31. The average molecular weight is 663 g/mol. The molecule has 0 rings (SSSR count). The van der Waals surface area contributed by atoms with Gasteiger partial charge >= 0.3 is 0 Å². The van der Waals surface area contributed by atoms with Gasteiger partial charge in [-0.1, -0.05) is 219 Å². The van der Waals surface area contributed by atoms with Gasteiger partial charge in [-0.3, -0.25) is 0 Å². The van der Waals surface area contributed by atoms with Crippen LogP contribution in [0.5, 0.6) is 0 Å². The van der Waals surface area contributed by atoms with Crippen LogP contribution in [0.4, 0.5) is 0 Å². The van der Waals surface area contributed by atoms with Crippen LogP contribution in [0.1, 0.15) is 232 Å². The van der Waals surface area contributed by atoms with E-state index in [0.29, 0.717) is 0 Å². The molecule has 0 aliphatic rings. The molecule has 0 bridgehead atoms. The van der Waals surface area contributed by atoms with E-state index in [9.17, 15) is 10.2 Å². The summed E-state index contributed by atoms with van der Waals surface area (Å²) >= 11 is 0. The van der Waals surface area contributed by atoms with Crippen molar-refractivity contribution in [3.05, 3.63) is 0 Å². The van der Waals surface area contributed by atoms with Crippen molar-refractivity contribution in [2.24, 2.45) is 5.73 Å². The summed E-state index contributed by atoms with van der Waals surface area (Å²) in [5.41, 5.74) is 5.65. The summed E-state index contributed by atoms with van der Waals surface area (Å²) in [7, 11) is 0. The second kappa shape index (κ2) is 35.8. The van der Waals surface area contributed by atoms with Gasteiger partial charge in [0.25, 0.3) is 0 Å². The second-order valence-corrected chi connectivity index (χ2v) is 13.7. The molecule has 256 valence electrons. The summed E-state index contributed by atoms with van der Waals surface area (Å²) in [6.07, 6.45) is 43.5. The van der Waals surface area contributed by atoms with Crippen LogP contribution in [0.2, 0.25) is 0 Å². The molecule has 0 saturated heterocycles. The molecular weight excluding hydrogens is 582 g/mol. The van der Waals surface area contributed by atoms with Gasteiger partial charge in [0.2, 0.25) is 0 Å². The molecule has 0 heterocycles. The molecule has 0 amide bonds. The van der Waals surface area contributed by atoms with Gasteiger partial charge in [-0.05, 0) is 12.8 Å². The molecule has 0 aliphatic heterocycles. The summed E-state index contributed by atoms with van der Waals surface area (Å²) in [6.45, 7) is 4.58. The van der Waals surface area contributed by atoms with Crippen LogP contribution in [0.15, 0.2) is 0 Å². The molecule has 42 heavy (non-hydrogen) atoms. The van der Waals surface area contributed by atoms with Crippen molar-refractivity contribution in [1.82, 2.24) is 0 Å². The number of hydrogen-bond donors (Lipinski definition) is 3. The zero-order chi connectivity index (χ0) is 30.1. The van der Waals surface area contributed by atoms with E-state index in [4.69, 9.17) is 5.73 Å². The van der Waals surface area contributed by atoms with Crippen LogP contribution >= 0.6 is 17.0 Å². The van der Waals surface area contributed by atoms with Crippen molar-refractivity contribution in [3.63, 3.8) is 0 Å². The third-order valence-electron chi connectivity index (χ3n) is 9.51. The first-order chi connectivity index (χ1) is 20.1. The summed E-state index contributed by atoms with van der Waals surface area (Å²) in [5.74, 6) is 0. The molecule has 0 aromatic rings. The Hall–Kier alpha value is 0.360. The Kier molecular flexibility index (Phi) is 38.0. The number of nitrogens with two attached hydrogens (primary N) is 1. The van der Waals surface area contributed by atoms with Gasteiger partial charge < -0.3 is 15.9 Å². The maximum absolute atomic E-state index is 9.95. The van der Waals surface area contributed by atoms with Crippen molar-refractivity contribution >= 4 is 17.0 Å². The zero-order valence-corrected chi connectivity index (χ0v) is 30.7. The number of hydrogen-bond acceptors (Lipinski definition) is 3. The third kappa shape index (κ3) is 31.8. The molecule has 0 aromatic carbocycles. The van der Waals surface area contributed by atoms with Crippen molar-refractivity contribution in [2.45, 2.75) is 244 Å². The topological polar surface area (TPSA) is 66.5 Å². The Bertz CT molecular complexity index is 452. The van der Waals surface area contributed by atoms with E-state index < -0.39 is 11.8 Å². The van der Waals surface area contributed by atoms with E-state index in [-0.39, 0.29) is 17.0 Å². The van der Waals surface area contributed by atoms with E-state index in [1.54, 1.807) is 0 Å². The molecule has 0 saturated carbocycles. The Morgan fingerprint density at radius 1 is 0.357 bits per heavy atom. The van der Waals surface area contributed by atoms with Crippen LogP contribution in [0.3, 0.4) is 0 Å². The maximum atomic E-state index is 9.95. The summed E-state index contributed by atoms with van der Waals surface area (Å²) in [4.78, 5) is 0. The van der Waals surface area contributed by atoms with Gasteiger partial charge in [0.05, 0.1) is 5.54 Å². The first kappa shape index (κ1) is 44.5. The van der Waals surface area contributed by atoms with Crippen LogP contribution < -0.4 is 5.73 Å². The smallest absolute Gasteiger partial charge is 0.169 e. The number of aliphatic hydroxyl groups is 2. The molecule has 0 radical (unpaired) electrons. The lowest BCUT2D eigenvalue weighted by Crippen LogP contribution is -2.50. The Balaban J connectivity index is 0.